The molecule has 5 heteroatoms. The molecule has 1 aromatic carbocycles. The van der Waals surface area contributed by atoms with Crippen molar-refractivity contribution in [3.05, 3.63) is 35.4 Å². The van der Waals surface area contributed by atoms with Crippen molar-refractivity contribution in [2.75, 3.05) is 0 Å². The van der Waals surface area contributed by atoms with Gasteiger partial charge >= 0.3 is 6.09 Å². The summed E-state index contributed by atoms with van der Waals surface area (Å²) in [6, 6.07) is 2.63. The summed E-state index contributed by atoms with van der Waals surface area (Å²) >= 11 is 0. The van der Waals surface area contributed by atoms with Crippen molar-refractivity contribution >= 4 is 6.09 Å². The smallest absolute Gasteiger partial charge is 0.408 e. The summed E-state index contributed by atoms with van der Waals surface area (Å²) in [4.78, 5) is 11.5. The minimum atomic E-state index is -0.696. The van der Waals surface area contributed by atoms with E-state index in [2.05, 4.69) is 5.32 Å². The molecule has 0 fully saturated rings. The molecule has 3 nitrogen and oxygen atoms in total. The van der Waals surface area contributed by atoms with Crippen LogP contribution in [0.5, 0.6) is 0 Å². The third-order valence-electron chi connectivity index (χ3n) is 2.16. The molecule has 0 bridgehead atoms. The number of hydrogen-bond donors (Lipinski definition) is 1. The number of carbonyl (C=O) groups excluding carboxylic acids is 1. The van der Waals surface area contributed by atoms with E-state index in [1.807, 2.05) is 0 Å². The first kappa shape index (κ1) is 14.4. The first-order valence-corrected chi connectivity index (χ1v) is 5.63. The normalized spacial score (nSPS) is 13.0. The summed E-state index contributed by atoms with van der Waals surface area (Å²) in [6.07, 6.45) is -0.640. The van der Waals surface area contributed by atoms with Gasteiger partial charge in [0.1, 0.15) is 17.2 Å². The molecule has 0 radical (unpaired) electrons. The van der Waals surface area contributed by atoms with Gasteiger partial charge in [0.25, 0.3) is 0 Å². The minimum Gasteiger partial charge on any atom is -0.444 e. The minimum absolute atomic E-state index is 0.210. The predicted molar refractivity (Wildman–Crippen MR) is 64.1 cm³/mol. The largest absolute Gasteiger partial charge is 0.444 e. The van der Waals surface area contributed by atoms with Gasteiger partial charge in [0.05, 0.1) is 6.04 Å². The van der Waals surface area contributed by atoms with Crippen molar-refractivity contribution in [3.63, 3.8) is 0 Å². The maximum absolute atomic E-state index is 13.5. The predicted octanol–water partition coefficient (Wildman–Crippen LogP) is 3.55. The molecule has 0 aliphatic heterocycles. The van der Waals surface area contributed by atoms with Crippen molar-refractivity contribution < 1.29 is 18.3 Å². The summed E-state index contributed by atoms with van der Waals surface area (Å²) in [5.41, 5.74) is -0.409. The molecule has 0 aliphatic carbocycles. The average molecular weight is 257 g/mol. The summed E-state index contributed by atoms with van der Waals surface area (Å²) in [5.74, 6) is -1.35. The Morgan fingerprint density at radius 1 is 1.33 bits per heavy atom. The van der Waals surface area contributed by atoms with Crippen LogP contribution in [-0.4, -0.2) is 11.7 Å². The summed E-state index contributed by atoms with van der Waals surface area (Å²) in [7, 11) is 0. The van der Waals surface area contributed by atoms with Crippen molar-refractivity contribution in [1.29, 1.82) is 0 Å². The lowest BCUT2D eigenvalue weighted by Crippen LogP contribution is -2.34. The fraction of sp³-hybridized carbons (Fsp3) is 0.462. The maximum Gasteiger partial charge on any atom is 0.408 e. The number of halogens is 2. The molecule has 0 heterocycles. The van der Waals surface area contributed by atoms with Crippen LogP contribution in [0.3, 0.4) is 0 Å². The van der Waals surface area contributed by atoms with E-state index >= 15 is 0 Å². The highest BCUT2D eigenvalue weighted by Gasteiger charge is 2.19. The van der Waals surface area contributed by atoms with Gasteiger partial charge in [-0.3, -0.25) is 0 Å². The van der Waals surface area contributed by atoms with Gasteiger partial charge in [-0.25, -0.2) is 13.6 Å². The van der Waals surface area contributed by atoms with Gasteiger partial charge in [0.15, 0.2) is 0 Å². The second kappa shape index (κ2) is 5.33. The average Bonchev–Trinajstić information content (AvgIpc) is 2.13. The third-order valence-corrected chi connectivity index (χ3v) is 2.16. The van der Waals surface area contributed by atoms with Crippen molar-refractivity contribution in [2.45, 2.75) is 39.3 Å². The van der Waals surface area contributed by atoms with Crippen molar-refractivity contribution in [2.24, 2.45) is 0 Å². The highest BCUT2D eigenvalue weighted by Crippen LogP contribution is 2.18. The van der Waals surface area contributed by atoms with Crippen molar-refractivity contribution in [1.82, 2.24) is 5.32 Å². The van der Waals surface area contributed by atoms with E-state index in [1.54, 1.807) is 27.7 Å². The van der Waals surface area contributed by atoms with Gasteiger partial charge < -0.3 is 10.1 Å². The van der Waals surface area contributed by atoms with E-state index in [0.717, 1.165) is 12.1 Å². The molecular formula is C13H17F2NO2. The van der Waals surface area contributed by atoms with Gasteiger partial charge in [0.2, 0.25) is 0 Å². The van der Waals surface area contributed by atoms with E-state index in [-0.39, 0.29) is 5.56 Å². The molecule has 1 aromatic rings. The summed E-state index contributed by atoms with van der Waals surface area (Å²) < 4.78 is 31.2. The summed E-state index contributed by atoms with van der Waals surface area (Å²) in [6.45, 7) is 6.79. The molecule has 0 aliphatic rings. The van der Waals surface area contributed by atoms with E-state index in [0.29, 0.717) is 0 Å². The standard InChI is InChI=1S/C13H17F2NO2/c1-8(16-12(17)18-13(2,3)4)10-6-5-9(14)7-11(10)15/h5-8H,1-4H3,(H,16,17). The maximum atomic E-state index is 13.5. The molecule has 1 amide bonds. The highest BCUT2D eigenvalue weighted by molar-refractivity contribution is 5.68. The SMILES string of the molecule is CC(NC(=O)OC(C)(C)C)c1ccc(F)cc1F. The van der Waals surface area contributed by atoms with Crippen LogP contribution in [0.1, 0.15) is 39.3 Å². The Bertz CT molecular complexity index is 441. The molecule has 1 unspecified atom stereocenters. The lowest BCUT2D eigenvalue weighted by molar-refractivity contribution is 0.0507. The highest BCUT2D eigenvalue weighted by atomic mass is 19.1. The Kier molecular flexibility index (Phi) is 4.27. The molecular weight excluding hydrogens is 240 g/mol. The molecule has 1 rings (SSSR count). The number of benzene rings is 1. The molecule has 18 heavy (non-hydrogen) atoms. The van der Waals surface area contributed by atoms with Crippen LogP contribution in [0.2, 0.25) is 0 Å². The Morgan fingerprint density at radius 3 is 2.44 bits per heavy atom. The van der Waals surface area contributed by atoms with Crippen LogP contribution in [0.15, 0.2) is 18.2 Å². The molecule has 0 saturated heterocycles. The third kappa shape index (κ3) is 4.31. The number of ether oxygens (including phenoxy) is 1. The van der Waals surface area contributed by atoms with Crippen LogP contribution in [0.4, 0.5) is 13.6 Å². The van der Waals surface area contributed by atoms with Crippen molar-refractivity contribution in [3.8, 4) is 0 Å². The molecule has 1 atom stereocenters. The quantitative estimate of drug-likeness (QED) is 0.879. The molecule has 0 spiro atoms. The van der Waals surface area contributed by atoms with Crippen LogP contribution < -0.4 is 5.32 Å². The monoisotopic (exact) mass is 257 g/mol. The number of rotatable bonds is 2. The van der Waals surface area contributed by atoms with E-state index in [9.17, 15) is 13.6 Å². The lowest BCUT2D eigenvalue weighted by Gasteiger charge is -2.22. The first-order chi connectivity index (χ1) is 8.19. The summed E-state index contributed by atoms with van der Waals surface area (Å²) in [5, 5.41) is 2.49. The van der Waals surface area contributed by atoms with Gasteiger partial charge in [0, 0.05) is 11.6 Å². The Balaban J connectivity index is 2.71. The van der Waals surface area contributed by atoms with Gasteiger partial charge in [-0.05, 0) is 33.8 Å². The van der Waals surface area contributed by atoms with E-state index in [1.165, 1.54) is 6.07 Å². The van der Waals surface area contributed by atoms with Gasteiger partial charge in [-0.2, -0.15) is 0 Å². The second-order valence-corrected chi connectivity index (χ2v) is 5.03. The van der Waals surface area contributed by atoms with Crippen LogP contribution in [0, 0.1) is 11.6 Å². The zero-order chi connectivity index (χ0) is 13.9. The number of amides is 1. The van der Waals surface area contributed by atoms with Gasteiger partial charge in [-0.1, -0.05) is 6.07 Å². The Labute approximate surface area is 105 Å². The number of carbonyl (C=O) groups is 1. The van der Waals surface area contributed by atoms with Crippen LogP contribution in [-0.2, 0) is 4.74 Å². The first-order valence-electron chi connectivity index (χ1n) is 5.63. The zero-order valence-corrected chi connectivity index (χ0v) is 10.9. The number of hydrogen-bond acceptors (Lipinski definition) is 2. The molecule has 0 aromatic heterocycles. The fourth-order valence-corrected chi connectivity index (χ4v) is 1.41. The lowest BCUT2D eigenvalue weighted by atomic mass is 10.1. The van der Waals surface area contributed by atoms with E-state index < -0.39 is 29.4 Å². The Morgan fingerprint density at radius 2 is 1.94 bits per heavy atom. The molecule has 100 valence electrons. The second-order valence-electron chi connectivity index (χ2n) is 5.03. The van der Waals surface area contributed by atoms with Gasteiger partial charge in [-0.15, -0.1) is 0 Å². The van der Waals surface area contributed by atoms with Crippen LogP contribution >= 0.6 is 0 Å². The number of nitrogens with one attached hydrogen (secondary N) is 1. The topological polar surface area (TPSA) is 38.3 Å². The molecule has 1 N–H and O–H groups in total. The zero-order valence-electron chi connectivity index (χ0n) is 10.9. The molecule has 0 saturated carbocycles. The van der Waals surface area contributed by atoms with Crippen LogP contribution in [0.25, 0.3) is 0 Å². The van der Waals surface area contributed by atoms with E-state index in [4.69, 9.17) is 4.74 Å². The fourth-order valence-electron chi connectivity index (χ4n) is 1.41. The number of alkyl carbamates (subject to hydrolysis) is 1. The Hall–Kier alpha value is -1.65.